The molecule has 2 aromatic heterocycles. The van der Waals surface area contributed by atoms with E-state index in [-0.39, 0.29) is 17.7 Å². The van der Waals surface area contributed by atoms with E-state index in [1.165, 1.54) is 0 Å². The van der Waals surface area contributed by atoms with Gasteiger partial charge in [0.25, 0.3) is 0 Å². The van der Waals surface area contributed by atoms with Crippen LogP contribution in [0.5, 0.6) is 0 Å². The van der Waals surface area contributed by atoms with E-state index >= 15 is 0 Å². The second-order valence-electron chi connectivity index (χ2n) is 7.46. The predicted octanol–water partition coefficient (Wildman–Crippen LogP) is 2.70. The zero-order valence-corrected chi connectivity index (χ0v) is 15.9. The van der Waals surface area contributed by atoms with Crippen molar-refractivity contribution in [2.45, 2.75) is 26.2 Å². The van der Waals surface area contributed by atoms with Gasteiger partial charge in [-0.2, -0.15) is 0 Å². The fraction of sp³-hybridized carbons (Fsp3) is 0.474. The predicted molar refractivity (Wildman–Crippen MR) is 104 cm³/mol. The first-order chi connectivity index (χ1) is 12.9. The standard InChI is InChI=1S/C19H22ClN5O2/c1-10(26)25-4-2-11(3-5-25)13-8-14(13)19(27)24-17-7-12-6-16(20)23-18(21)15(12)9-22-17/h6-7,9,11,13-14H,2-5,8H2,1H3,(H2,21,23)(H,22,24,27)/t13-,14+/m1/s1. The molecule has 2 aliphatic rings. The summed E-state index contributed by atoms with van der Waals surface area (Å²) in [4.78, 5) is 34.2. The highest BCUT2D eigenvalue weighted by Gasteiger charge is 2.48. The topological polar surface area (TPSA) is 101 Å². The molecule has 1 aliphatic heterocycles. The Morgan fingerprint density at radius 1 is 1.30 bits per heavy atom. The number of halogens is 1. The van der Waals surface area contributed by atoms with Gasteiger partial charge in [-0.1, -0.05) is 11.6 Å². The van der Waals surface area contributed by atoms with Crippen LogP contribution in [0.25, 0.3) is 10.8 Å². The lowest BCUT2D eigenvalue weighted by Crippen LogP contribution is -2.37. The number of anilines is 2. The number of hydrogen-bond acceptors (Lipinski definition) is 5. The first-order valence-corrected chi connectivity index (χ1v) is 9.58. The highest BCUT2D eigenvalue weighted by molar-refractivity contribution is 6.30. The first kappa shape index (κ1) is 18.0. The molecule has 142 valence electrons. The molecule has 27 heavy (non-hydrogen) atoms. The maximum absolute atomic E-state index is 12.6. The van der Waals surface area contributed by atoms with Crippen LogP contribution in [0.3, 0.4) is 0 Å². The van der Waals surface area contributed by atoms with Crippen molar-refractivity contribution in [1.82, 2.24) is 14.9 Å². The Balaban J connectivity index is 1.38. The third-order valence-corrected chi connectivity index (χ3v) is 5.93. The molecule has 0 radical (unpaired) electrons. The number of carbonyl (C=O) groups is 2. The highest BCUT2D eigenvalue weighted by Crippen LogP contribution is 2.48. The Bertz CT molecular complexity index is 910. The van der Waals surface area contributed by atoms with Gasteiger partial charge < -0.3 is 16.0 Å². The molecule has 1 saturated carbocycles. The number of hydrogen-bond donors (Lipinski definition) is 2. The van der Waals surface area contributed by atoms with Gasteiger partial charge in [0.1, 0.15) is 16.8 Å². The van der Waals surface area contributed by atoms with Gasteiger partial charge in [-0.25, -0.2) is 9.97 Å². The molecule has 3 N–H and O–H groups in total. The third kappa shape index (κ3) is 3.69. The first-order valence-electron chi connectivity index (χ1n) is 9.20. The van der Waals surface area contributed by atoms with Crippen LogP contribution in [0, 0.1) is 17.8 Å². The maximum Gasteiger partial charge on any atom is 0.228 e. The minimum Gasteiger partial charge on any atom is -0.383 e. The van der Waals surface area contributed by atoms with Crippen LogP contribution in [-0.4, -0.2) is 39.8 Å². The van der Waals surface area contributed by atoms with Crippen molar-refractivity contribution in [3.63, 3.8) is 0 Å². The van der Waals surface area contributed by atoms with Crippen LogP contribution in [0.15, 0.2) is 18.3 Å². The van der Waals surface area contributed by atoms with Crippen molar-refractivity contribution in [3.8, 4) is 0 Å². The van der Waals surface area contributed by atoms with Crippen LogP contribution < -0.4 is 11.1 Å². The molecular weight excluding hydrogens is 366 g/mol. The number of carbonyl (C=O) groups excluding carboxylic acids is 2. The van der Waals surface area contributed by atoms with E-state index in [9.17, 15) is 9.59 Å². The number of pyridine rings is 2. The molecule has 2 aromatic rings. The Labute approximate surface area is 162 Å². The molecule has 0 bridgehead atoms. The lowest BCUT2D eigenvalue weighted by Gasteiger charge is -2.31. The normalized spacial score (nSPS) is 22.7. The van der Waals surface area contributed by atoms with Gasteiger partial charge in [0.05, 0.1) is 0 Å². The van der Waals surface area contributed by atoms with Gasteiger partial charge in [0.2, 0.25) is 11.8 Å². The summed E-state index contributed by atoms with van der Waals surface area (Å²) >= 11 is 5.95. The molecule has 2 atom stereocenters. The molecule has 3 heterocycles. The van der Waals surface area contributed by atoms with Crippen molar-refractivity contribution in [1.29, 1.82) is 0 Å². The number of fused-ring (bicyclic) bond motifs is 1. The minimum atomic E-state index is 0.00831. The summed E-state index contributed by atoms with van der Waals surface area (Å²) in [7, 11) is 0. The molecule has 0 spiro atoms. The zero-order valence-electron chi connectivity index (χ0n) is 15.1. The number of amides is 2. The molecule has 0 aromatic carbocycles. The SMILES string of the molecule is CC(=O)N1CCC([C@H]2C[C@@H]2C(=O)Nc2cc3cc(Cl)nc(N)c3cn2)CC1. The molecular formula is C19H22ClN5O2. The number of nitrogens with zero attached hydrogens (tertiary/aromatic N) is 3. The van der Waals surface area contributed by atoms with Crippen LogP contribution in [-0.2, 0) is 9.59 Å². The Kier molecular flexibility index (Phi) is 4.63. The van der Waals surface area contributed by atoms with Crippen LogP contribution in [0.2, 0.25) is 5.15 Å². The van der Waals surface area contributed by atoms with Crippen LogP contribution >= 0.6 is 11.6 Å². The van der Waals surface area contributed by atoms with Crippen LogP contribution in [0.1, 0.15) is 26.2 Å². The minimum absolute atomic E-state index is 0.00831. The average Bonchev–Trinajstić information content (AvgIpc) is 3.42. The number of nitrogens with two attached hydrogens (primary N) is 1. The average molecular weight is 388 g/mol. The fourth-order valence-electron chi connectivity index (χ4n) is 4.11. The second-order valence-corrected chi connectivity index (χ2v) is 7.85. The molecule has 2 fully saturated rings. The third-order valence-electron chi connectivity index (χ3n) is 5.73. The van der Waals surface area contributed by atoms with E-state index in [1.54, 1.807) is 25.3 Å². The largest absolute Gasteiger partial charge is 0.383 e. The van der Waals surface area contributed by atoms with Crippen molar-refractivity contribution < 1.29 is 9.59 Å². The van der Waals surface area contributed by atoms with Crippen molar-refractivity contribution >= 4 is 45.8 Å². The number of rotatable bonds is 3. The summed E-state index contributed by atoms with van der Waals surface area (Å²) in [5.74, 6) is 1.92. The van der Waals surface area contributed by atoms with Gasteiger partial charge >= 0.3 is 0 Å². The fourth-order valence-corrected chi connectivity index (χ4v) is 4.32. The quantitative estimate of drug-likeness (QED) is 0.788. The molecule has 8 heteroatoms. The smallest absolute Gasteiger partial charge is 0.228 e. The summed E-state index contributed by atoms with van der Waals surface area (Å²) < 4.78 is 0. The lowest BCUT2D eigenvalue weighted by atomic mass is 9.91. The Morgan fingerprint density at radius 2 is 2.04 bits per heavy atom. The van der Waals surface area contributed by atoms with E-state index < -0.39 is 0 Å². The lowest BCUT2D eigenvalue weighted by molar-refractivity contribution is -0.130. The molecule has 1 saturated heterocycles. The zero-order chi connectivity index (χ0) is 19.1. The van der Waals surface area contributed by atoms with E-state index in [4.69, 9.17) is 17.3 Å². The van der Waals surface area contributed by atoms with E-state index in [0.29, 0.717) is 34.0 Å². The van der Waals surface area contributed by atoms with Gasteiger partial charge in [-0.05, 0) is 48.6 Å². The van der Waals surface area contributed by atoms with E-state index in [0.717, 1.165) is 37.7 Å². The number of aromatic nitrogens is 2. The van der Waals surface area contributed by atoms with Crippen molar-refractivity contribution in [2.75, 3.05) is 24.1 Å². The van der Waals surface area contributed by atoms with Crippen molar-refractivity contribution in [2.24, 2.45) is 17.8 Å². The number of piperidine rings is 1. The number of likely N-dealkylation sites (tertiary alicyclic amines) is 1. The van der Waals surface area contributed by atoms with Gasteiger partial charge in [0, 0.05) is 37.5 Å². The molecule has 7 nitrogen and oxygen atoms in total. The van der Waals surface area contributed by atoms with Crippen molar-refractivity contribution in [3.05, 3.63) is 23.5 Å². The van der Waals surface area contributed by atoms with E-state index in [1.807, 2.05) is 4.90 Å². The highest BCUT2D eigenvalue weighted by atomic mass is 35.5. The van der Waals surface area contributed by atoms with Gasteiger partial charge in [0.15, 0.2) is 0 Å². The van der Waals surface area contributed by atoms with Gasteiger partial charge in [-0.15, -0.1) is 0 Å². The second kappa shape index (κ2) is 6.96. The summed E-state index contributed by atoms with van der Waals surface area (Å²) in [5, 5.41) is 4.72. The monoisotopic (exact) mass is 387 g/mol. The molecule has 1 aliphatic carbocycles. The Hall–Kier alpha value is -2.41. The number of nitrogen functional groups attached to an aromatic ring is 1. The summed E-state index contributed by atoms with van der Waals surface area (Å²) in [6, 6.07) is 3.47. The maximum atomic E-state index is 12.6. The molecule has 2 amide bonds. The summed E-state index contributed by atoms with van der Waals surface area (Å²) in [6.07, 6.45) is 4.47. The summed E-state index contributed by atoms with van der Waals surface area (Å²) in [6.45, 7) is 3.21. The van der Waals surface area contributed by atoms with E-state index in [2.05, 4.69) is 15.3 Å². The van der Waals surface area contributed by atoms with Gasteiger partial charge in [-0.3, -0.25) is 9.59 Å². The Morgan fingerprint density at radius 3 is 2.74 bits per heavy atom. The molecule has 0 unspecified atom stereocenters. The number of nitrogens with one attached hydrogen (secondary N) is 1. The summed E-state index contributed by atoms with van der Waals surface area (Å²) in [5.41, 5.74) is 5.85. The molecule has 4 rings (SSSR count). The van der Waals surface area contributed by atoms with Crippen LogP contribution in [0.4, 0.5) is 11.6 Å².